The molecule has 1 heterocycles. The Balaban J connectivity index is 1.75. The van der Waals surface area contributed by atoms with Gasteiger partial charge in [0, 0.05) is 13.1 Å². The highest BCUT2D eigenvalue weighted by Gasteiger charge is 2.29. The fraction of sp³-hybridized carbons (Fsp3) is 0.857. The molecule has 2 fully saturated rings. The Hall–Kier alpha value is -1.30. The van der Waals surface area contributed by atoms with Crippen molar-refractivity contribution in [3.05, 3.63) is 0 Å². The number of carbonyl (C=O) groups is 2. The van der Waals surface area contributed by atoms with Gasteiger partial charge in [0.25, 0.3) is 0 Å². The molecule has 1 aliphatic heterocycles. The lowest BCUT2D eigenvalue weighted by Gasteiger charge is -2.28. The number of nitrogens with zero attached hydrogens (tertiary/aromatic N) is 1. The maximum Gasteiger partial charge on any atom is 0.410 e. The van der Waals surface area contributed by atoms with Crippen LogP contribution in [-0.2, 0) is 9.53 Å². The molecule has 2 amide bonds. The Bertz CT molecular complexity index is 351. The predicted molar refractivity (Wildman–Crippen MR) is 73.2 cm³/mol. The van der Waals surface area contributed by atoms with Gasteiger partial charge in [-0.25, -0.2) is 4.79 Å². The summed E-state index contributed by atoms with van der Waals surface area (Å²) in [7, 11) is 0. The molecule has 1 saturated carbocycles. The van der Waals surface area contributed by atoms with Crippen LogP contribution in [0.3, 0.4) is 0 Å². The second kappa shape index (κ2) is 6.92. The molecule has 0 spiro atoms. The first kappa shape index (κ1) is 15.1. The second-order valence-corrected chi connectivity index (χ2v) is 5.80. The van der Waals surface area contributed by atoms with Crippen LogP contribution in [0.15, 0.2) is 0 Å². The van der Waals surface area contributed by atoms with Crippen molar-refractivity contribution in [3.63, 3.8) is 0 Å². The van der Waals surface area contributed by atoms with Gasteiger partial charge in [-0.2, -0.15) is 0 Å². The van der Waals surface area contributed by atoms with E-state index in [0.717, 1.165) is 44.9 Å². The first-order valence-corrected chi connectivity index (χ1v) is 7.50. The zero-order valence-corrected chi connectivity index (χ0v) is 11.9. The highest BCUT2D eigenvalue weighted by atomic mass is 16.6. The maximum absolute atomic E-state index is 11.9. The molecule has 0 aromatic heterocycles. The van der Waals surface area contributed by atoms with E-state index in [0.29, 0.717) is 13.2 Å². The lowest BCUT2D eigenvalue weighted by atomic mass is 9.94. The number of ether oxygens (including phenoxy) is 1. The number of aliphatic hydroxyl groups is 1. The fourth-order valence-corrected chi connectivity index (χ4v) is 2.80. The fourth-order valence-electron chi connectivity index (χ4n) is 2.80. The number of rotatable bonds is 4. The maximum atomic E-state index is 11.9. The minimum Gasteiger partial charge on any atom is -0.449 e. The first-order chi connectivity index (χ1) is 9.59. The van der Waals surface area contributed by atoms with E-state index in [1.807, 2.05) is 0 Å². The van der Waals surface area contributed by atoms with E-state index in [9.17, 15) is 14.7 Å². The standard InChI is InChI=1S/C14H24N2O4/c17-12(10-16-8-5-9-20-13(16)18)15-11-14(19)6-3-1-2-4-7-14/h19H,1-11H2,(H,15,17). The largest absolute Gasteiger partial charge is 0.449 e. The van der Waals surface area contributed by atoms with Crippen LogP contribution in [0.1, 0.15) is 44.9 Å². The van der Waals surface area contributed by atoms with E-state index in [2.05, 4.69) is 5.32 Å². The van der Waals surface area contributed by atoms with Crippen molar-refractivity contribution >= 4 is 12.0 Å². The highest BCUT2D eigenvalue weighted by Crippen LogP contribution is 2.26. The van der Waals surface area contributed by atoms with Gasteiger partial charge in [0.05, 0.1) is 12.2 Å². The molecule has 0 aromatic rings. The van der Waals surface area contributed by atoms with Crippen molar-refractivity contribution < 1.29 is 19.4 Å². The molecule has 0 radical (unpaired) electrons. The van der Waals surface area contributed by atoms with Crippen LogP contribution in [0.2, 0.25) is 0 Å². The van der Waals surface area contributed by atoms with Crippen LogP contribution >= 0.6 is 0 Å². The molecule has 1 aliphatic carbocycles. The summed E-state index contributed by atoms with van der Waals surface area (Å²) in [5.74, 6) is -0.235. The van der Waals surface area contributed by atoms with Gasteiger partial charge < -0.3 is 15.2 Å². The summed E-state index contributed by atoms with van der Waals surface area (Å²) in [4.78, 5) is 24.7. The van der Waals surface area contributed by atoms with Gasteiger partial charge in [0.1, 0.15) is 6.54 Å². The van der Waals surface area contributed by atoms with Crippen LogP contribution in [0, 0.1) is 0 Å². The smallest absolute Gasteiger partial charge is 0.410 e. The number of amides is 2. The predicted octanol–water partition coefficient (Wildman–Crippen LogP) is 1.03. The van der Waals surface area contributed by atoms with Gasteiger partial charge in [0.2, 0.25) is 5.91 Å². The summed E-state index contributed by atoms with van der Waals surface area (Å²) in [6.45, 7) is 1.26. The molecule has 2 N–H and O–H groups in total. The molecule has 0 atom stereocenters. The molecule has 20 heavy (non-hydrogen) atoms. The zero-order valence-electron chi connectivity index (χ0n) is 11.9. The number of hydrogen-bond donors (Lipinski definition) is 2. The summed E-state index contributed by atoms with van der Waals surface area (Å²) in [5.41, 5.74) is -0.783. The van der Waals surface area contributed by atoms with Gasteiger partial charge in [-0.05, 0) is 19.3 Å². The van der Waals surface area contributed by atoms with Gasteiger partial charge in [-0.15, -0.1) is 0 Å². The third-order valence-electron chi connectivity index (χ3n) is 4.04. The van der Waals surface area contributed by atoms with Gasteiger partial charge in [0.15, 0.2) is 0 Å². The summed E-state index contributed by atoms with van der Waals surface area (Å²) < 4.78 is 4.88. The molecule has 0 unspecified atom stereocenters. The molecule has 0 bridgehead atoms. The minimum atomic E-state index is -0.783. The van der Waals surface area contributed by atoms with Crippen molar-refractivity contribution in [1.82, 2.24) is 10.2 Å². The molecule has 0 aromatic carbocycles. The quantitative estimate of drug-likeness (QED) is 0.756. The third-order valence-corrected chi connectivity index (χ3v) is 4.04. The third kappa shape index (κ3) is 4.37. The normalized spacial score (nSPS) is 22.9. The Morgan fingerprint density at radius 2 is 1.95 bits per heavy atom. The van der Waals surface area contributed by atoms with E-state index < -0.39 is 11.7 Å². The van der Waals surface area contributed by atoms with E-state index in [-0.39, 0.29) is 19.0 Å². The summed E-state index contributed by atoms with van der Waals surface area (Å²) in [6, 6.07) is 0. The van der Waals surface area contributed by atoms with Crippen LogP contribution in [-0.4, -0.2) is 53.8 Å². The molecule has 1 saturated heterocycles. The van der Waals surface area contributed by atoms with E-state index in [4.69, 9.17) is 4.74 Å². The molecular formula is C14H24N2O4. The highest BCUT2D eigenvalue weighted by molar-refractivity contribution is 5.82. The molecule has 114 valence electrons. The Morgan fingerprint density at radius 3 is 2.60 bits per heavy atom. The Morgan fingerprint density at radius 1 is 1.25 bits per heavy atom. The van der Waals surface area contributed by atoms with Gasteiger partial charge in [-0.1, -0.05) is 25.7 Å². The first-order valence-electron chi connectivity index (χ1n) is 7.50. The van der Waals surface area contributed by atoms with Crippen LogP contribution < -0.4 is 5.32 Å². The average molecular weight is 284 g/mol. The van der Waals surface area contributed by atoms with Crippen molar-refractivity contribution in [2.75, 3.05) is 26.2 Å². The Kier molecular flexibility index (Phi) is 5.23. The zero-order chi connectivity index (χ0) is 14.4. The lowest BCUT2D eigenvalue weighted by Crippen LogP contribution is -2.48. The summed E-state index contributed by atoms with van der Waals surface area (Å²) >= 11 is 0. The molecule has 6 nitrogen and oxygen atoms in total. The number of carbonyl (C=O) groups excluding carboxylic acids is 2. The molecule has 6 heteroatoms. The Labute approximate surface area is 119 Å². The topological polar surface area (TPSA) is 78.9 Å². The number of nitrogens with one attached hydrogen (secondary N) is 1. The number of cyclic esters (lactones) is 1. The number of hydrogen-bond acceptors (Lipinski definition) is 4. The van der Waals surface area contributed by atoms with Crippen molar-refractivity contribution in [1.29, 1.82) is 0 Å². The van der Waals surface area contributed by atoms with Crippen molar-refractivity contribution in [2.24, 2.45) is 0 Å². The summed E-state index contributed by atoms with van der Waals surface area (Å²) in [6.07, 6.45) is 6.10. The van der Waals surface area contributed by atoms with Gasteiger partial charge in [-0.3, -0.25) is 9.69 Å². The van der Waals surface area contributed by atoms with Crippen LogP contribution in [0.5, 0.6) is 0 Å². The van der Waals surface area contributed by atoms with E-state index in [1.165, 1.54) is 4.90 Å². The van der Waals surface area contributed by atoms with Crippen LogP contribution in [0.25, 0.3) is 0 Å². The molecule has 2 rings (SSSR count). The van der Waals surface area contributed by atoms with Crippen LogP contribution in [0.4, 0.5) is 4.79 Å². The molecular weight excluding hydrogens is 260 g/mol. The monoisotopic (exact) mass is 284 g/mol. The second-order valence-electron chi connectivity index (χ2n) is 5.80. The van der Waals surface area contributed by atoms with Crippen molar-refractivity contribution in [2.45, 2.75) is 50.5 Å². The average Bonchev–Trinajstić information content (AvgIpc) is 2.65. The lowest BCUT2D eigenvalue weighted by molar-refractivity contribution is -0.123. The molecule has 2 aliphatic rings. The minimum absolute atomic E-state index is 0.00884. The van der Waals surface area contributed by atoms with Crippen molar-refractivity contribution in [3.8, 4) is 0 Å². The van der Waals surface area contributed by atoms with E-state index >= 15 is 0 Å². The summed E-state index contributed by atoms with van der Waals surface area (Å²) in [5, 5.41) is 13.2. The SMILES string of the molecule is O=C(CN1CCCOC1=O)NCC1(O)CCCCCC1. The van der Waals surface area contributed by atoms with E-state index in [1.54, 1.807) is 0 Å². The van der Waals surface area contributed by atoms with Gasteiger partial charge >= 0.3 is 6.09 Å².